The summed E-state index contributed by atoms with van der Waals surface area (Å²) in [7, 11) is 0. The number of para-hydroxylation sites is 1. The van der Waals surface area contributed by atoms with Crippen LogP contribution in [0.1, 0.15) is 28.7 Å². The zero-order valence-electron chi connectivity index (χ0n) is 17.4. The topological polar surface area (TPSA) is 75.6 Å². The fraction of sp³-hybridized carbons (Fsp3) is 0.304. The van der Waals surface area contributed by atoms with E-state index in [0.29, 0.717) is 31.8 Å². The molecule has 0 N–H and O–H groups in total. The number of carbonyl (C=O) groups is 2. The SMILES string of the molecule is CCOC(=O)c1ccc(N2CCCN(C(=O)/C=C/c3nc4ccccc4s3)CC2)nc1. The third kappa shape index (κ3) is 5.08. The van der Waals surface area contributed by atoms with Crippen molar-refractivity contribution in [2.75, 3.05) is 37.7 Å². The van der Waals surface area contributed by atoms with Gasteiger partial charge in [-0.1, -0.05) is 12.1 Å². The van der Waals surface area contributed by atoms with Crippen molar-refractivity contribution in [3.05, 3.63) is 59.2 Å². The highest BCUT2D eigenvalue weighted by Gasteiger charge is 2.19. The van der Waals surface area contributed by atoms with Gasteiger partial charge in [0, 0.05) is 38.5 Å². The van der Waals surface area contributed by atoms with Crippen molar-refractivity contribution in [1.82, 2.24) is 14.9 Å². The van der Waals surface area contributed by atoms with Crippen molar-refractivity contribution < 1.29 is 14.3 Å². The van der Waals surface area contributed by atoms with E-state index in [-0.39, 0.29) is 11.9 Å². The Labute approximate surface area is 185 Å². The van der Waals surface area contributed by atoms with Crippen LogP contribution in [0.25, 0.3) is 16.3 Å². The second-order valence-corrected chi connectivity index (χ2v) is 8.21. The third-order valence-corrected chi connectivity index (χ3v) is 6.07. The molecule has 0 unspecified atom stereocenters. The molecule has 0 spiro atoms. The molecule has 4 rings (SSSR count). The summed E-state index contributed by atoms with van der Waals surface area (Å²) in [5.74, 6) is 0.424. The number of anilines is 1. The predicted molar refractivity (Wildman–Crippen MR) is 122 cm³/mol. The molecule has 7 nitrogen and oxygen atoms in total. The number of amides is 1. The summed E-state index contributed by atoms with van der Waals surface area (Å²) in [6.07, 6.45) is 5.80. The molecule has 1 aliphatic heterocycles. The average molecular weight is 437 g/mol. The van der Waals surface area contributed by atoms with Crippen molar-refractivity contribution in [3.63, 3.8) is 0 Å². The molecule has 160 valence electrons. The highest BCUT2D eigenvalue weighted by atomic mass is 32.1. The van der Waals surface area contributed by atoms with Gasteiger partial charge in [0.15, 0.2) is 0 Å². The van der Waals surface area contributed by atoms with Crippen LogP contribution in [-0.2, 0) is 9.53 Å². The summed E-state index contributed by atoms with van der Waals surface area (Å²) in [5.41, 5.74) is 1.39. The maximum atomic E-state index is 12.7. The van der Waals surface area contributed by atoms with Crippen LogP contribution in [0.2, 0.25) is 0 Å². The Hall–Kier alpha value is -3.26. The molecule has 0 atom stereocenters. The Morgan fingerprint density at radius 1 is 1.13 bits per heavy atom. The fourth-order valence-electron chi connectivity index (χ4n) is 3.48. The van der Waals surface area contributed by atoms with Crippen LogP contribution in [0.15, 0.2) is 48.7 Å². The monoisotopic (exact) mass is 436 g/mol. The Bertz CT molecular complexity index is 1060. The van der Waals surface area contributed by atoms with E-state index in [0.717, 1.165) is 34.0 Å². The van der Waals surface area contributed by atoms with Gasteiger partial charge in [0.05, 0.1) is 22.4 Å². The second kappa shape index (κ2) is 9.70. The maximum Gasteiger partial charge on any atom is 0.339 e. The second-order valence-electron chi connectivity index (χ2n) is 7.14. The lowest BCUT2D eigenvalue weighted by Crippen LogP contribution is -2.34. The summed E-state index contributed by atoms with van der Waals surface area (Å²) in [5, 5.41) is 0.830. The van der Waals surface area contributed by atoms with Gasteiger partial charge < -0.3 is 14.5 Å². The molecule has 1 aliphatic rings. The maximum absolute atomic E-state index is 12.7. The smallest absolute Gasteiger partial charge is 0.339 e. The van der Waals surface area contributed by atoms with E-state index in [1.807, 2.05) is 35.2 Å². The number of esters is 1. The Balaban J connectivity index is 1.36. The minimum absolute atomic E-state index is 0.00766. The van der Waals surface area contributed by atoms with E-state index in [2.05, 4.69) is 14.9 Å². The molecule has 1 aromatic carbocycles. The van der Waals surface area contributed by atoms with Crippen LogP contribution in [0, 0.1) is 0 Å². The molecule has 2 aromatic heterocycles. The first-order valence-corrected chi connectivity index (χ1v) is 11.2. The lowest BCUT2D eigenvalue weighted by molar-refractivity contribution is -0.125. The number of hydrogen-bond donors (Lipinski definition) is 0. The first-order chi connectivity index (χ1) is 15.1. The first kappa shape index (κ1) is 21.0. The number of pyridine rings is 1. The summed E-state index contributed by atoms with van der Waals surface area (Å²) in [6.45, 7) is 4.91. The van der Waals surface area contributed by atoms with E-state index >= 15 is 0 Å². The third-order valence-electron chi connectivity index (χ3n) is 5.07. The largest absolute Gasteiger partial charge is 0.462 e. The van der Waals surface area contributed by atoms with Gasteiger partial charge in [-0.05, 0) is 43.7 Å². The number of thiazole rings is 1. The summed E-state index contributed by atoms with van der Waals surface area (Å²) >= 11 is 1.58. The summed E-state index contributed by atoms with van der Waals surface area (Å²) in [6, 6.07) is 11.5. The van der Waals surface area contributed by atoms with Crippen molar-refractivity contribution in [1.29, 1.82) is 0 Å². The number of aromatic nitrogens is 2. The molecule has 8 heteroatoms. The van der Waals surface area contributed by atoms with Crippen molar-refractivity contribution >= 4 is 45.3 Å². The summed E-state index contributed by atoms with van der Waals surface area (Å²) < 4.78 is 6.11. The minimum Gasteiger partial charge on any atom is -0.462 e. The quantitative estimate of drug-likeness (QED) is 0.449. The highest BCUT2D eigenvalue weighted by molar-refractivity contribution is 7.19. The van der Waals surface area contributed by atoms with Crippen LogP contribution >= 0.6 is 11.3 Å². The molecule has 0 aliphatic carbocycles. The number of fused-ring (bicyclic) bond motifs is 1. The molecule has 1 saturated heterocycles. The number of hydrogen-bond acceptors (Lipinski definition) is 7. The normalized spacial score (nSPS) is 14.7. The van der Waals surface area contributed by atoms with E-state index in [4.69, 9.17) is 4.74 Å². The standard InChI is InChI=1S/C23H24N4O3S/c1-2-30-23(29)17-8-9-20(24-16-17)26-12-5-13-27(15-14-26)22(28)11-10-21-25-18-6-3-4-7-19(18)31-21/h3-4,6-11,16H,2,5,12-15H2,1H3/b11-10+. The molecule has 1 amide bonds. The molecule has 0 bridgehead atoms. The fourth-order valence-corrected chi connectivity index (χ4v) is 4.35. The number of benzene rings is 1. The van der Waals surface area contributed by atoms with Gasteiger partial charge in [-0.3, -0.25) is 4.79 Å². The van der Waals surface area contributed by atoms with Crippen molar-refractivity contribution in [2.45, 2.75) is 13.3 Å². The van der Waals surface area contributed by atoms with Gasteiger partial charge in [-0.2, -0.15) is 0 Å². The molecule has 3 heterocycles. The molecule has 31 heavy (non-hydrogen) atoms. The Morgan fingerprint density at radius 3 is 2.77 bits per heavy atom. The van der Waals surface area contributed by atoms with Gasteiger partial charge in [0.2, 0.25) is 5.91 Å². The molecule has 0 saturated carbocycles. The molecule has 0 radical (unpaired) electrons. The first-order valence-electron chi connectivity index (χ1n) is 10.3. The van der Waals surface area contributed by atoms with E-state index in [1.165, 1.54) is 0 Å². The van der Waals surface area contributed by atoms with Crippen LogP contribution < -0.4 is 4.90 Å². The molecular formula is C23H24N4O3S. The van der Waals surface area contributed by atoms with Crippen LogP contribution in [0.3, 0.4) is 0 Å². The van der Waals surface area contributed by atoms with Gasteiger partial charge in [0.25, 0.3) is 0 Å². The van der Waals surface area contributed by atoms with Gasteiger partial charge in [-0.15, -0.1) is 11.3 Å². The van der Waals surface area contributed by atoms with Crippen molar-refractivity contribution in [3.8, 4) is 0 Å². The lowest BCUT2D eigenvalue weighted by Gasteiger charge is -2.22. The van der Waals surface area contributed by atoms with Crippen molar-refractivity contribution in [2.24, 2.45) is 0 Å². The molecular weight excluding hydrogens is 412 g/mol. The van der Waals surface area contributed by atoms with Gasteiger partial charge in [-0.25, -0.2) is 14.8 Å². The van der Waals surface area contributed by atoms with Gasteiger partial charge >= 0.3 is 5.97 Å². The lowest BCUT2D eigenvalue weighted by atomic mass is 10.2. The van der Waals surface area contributed by atoms with E-state index in [9.17, 15) is 9.59 Å². The number of ether oxygens (including phenoxy) is 1. The van der Waals surface area contributed by atoms with E-state index in [1.54, 1.807) is 42.7 Å². The van der Waals surface area contributed by atoms with Crippen LogP contribution in [0.5, 0.6) is 0 Å². The zero-order valence-corrected chi connectivity index (χ0v) is 18.2. The number of carbonyl (C=O) groups excluding carboxylic acids is 2. The van der Waals surface area contributed by atoms with Gasteiger partial charge in [0.1, 0.15) is 10.8 Å². The molecule has 3 aromatic rings. The minimum atomic E-state index is -0.367. The number of nitrogens with zero attached hydrogens (tertiary/aromatic N) is 4. The van der Waals surface area contributed by atoms with Crippen LogP contribution in [-0.4, -0.2) is 59.5 Å². The predicted octanol–water partition coefficient (Wildman–Crippen LogP) is 3.62. The number of rotatable bonds is 5. The summed E-state index contributed by atoms with van der Waals surface area (Å²) in [4.78, 5) is 37.4. The Kier molecular flexibility index (Phi) is 6.57. The van der Waals surface area contributed by atoms with E-state index < -0.39 is 0 Å². The highest BCUT2D eigenvalue weighted by Crippen LogP contribution is 2.22. The Morgan fingerprint density at radius 2 is 2.00 bits per heavy atom. The zero-order chi connectivity index (χ0) is 21.6. The average Bonchev–Trinajstić information content (AvgIpc) is 3.05. The molecule has 1 fully saturated rings. The van der Waals surface area contributed by atoms with Crippen LogP contribution in [0.4, 0.5) is 5.82 Å².